The molecular formula is C21H23NO4. The summed E-state index contributed by atoms with van der Waals surface area (Å²) in [5.41, 5.74) is 1.37. The number of methoxy groups -OCH3 is 1. The van der Waals surface area contributed by atoms with Crippen LogP contribution in [0.25, 0.3) is 10.9 Å². The normalized spacial score (nSPS) is 10.8. The minimum atomic E-state index is -0.246. The van der Waals surface area contributed by atoms with Crippen molar-refractivity contribution in [3.05, 3.63) is 64.4 Å². The summed E-state index contributed by atoms with van der Waals surface area (Å²) in [6.45, 7) is 2.91. The van der Waals surface area contributed by atoms with E-state index in [0.717, 1.165) is 23.8 Å². The summed E-state index contributed by atoms with van der Waals surface area (Å²) in [7, 11) is 1.52. The van der Waals surface area contributed by atoms with Gasteiger partial charge in [0.1, 0.15) is 12.4 Å². The van der Waals surface area contributed by atoms with Gasteiger partial charge in [0.15, 0.2) is 5.75 Å². The van der Waals surface area contributed by atoms with E-state index < -0.39 is 0 Å². The molecule has 0 atom stereocenters. The Balaban J connectivity index is 2.12. The molecule has 1 N–H and O–H groups in total. The lowest BCUT2D eigenvalue weighted by Crippen LogP contribution is -2.23. The molecule has 0 aliphatic heterocycles. The number of fused-ring (bicyclic) bond motifs is 1. The predicted molar refractivity (Wildman–Crippen MR) is 102 cm³/mol. The maximum atomic E-state index is 13.1. The van der Waals surface area contributed by atoms with Crippen LogP contribution in [0.4, 0.5) is 0 Å². The Morgan fingerprint density at radius 2 is 1.85 bits per heavy atom. The molecule has 5 nitrogen and oxygen atoms in total. The number of nitrogens with zero attached hydrogens (tertiary/aromatic N) is 1. The van der Waals surface area contributed by atoms with Gasteiger partial charge in [0, 0.05) is 18.0 Å². The molecule has 136 valence electrons. The van der Waals surface area contributed by atoms with Crippen LogP contribution >= 0.6 is 0 Å². The van der Waals surface area contributed by atoms with E-state index in [1.54, 1.807) is 22.8 Å². The molecule has 1 heterocycles. The van der Waals surface area contributed by atoms with Gasteiger partial charge in [-0.3, -0.25) is 4.79 Å². The second kappa shape index (κ2) is 7.95. The molecule has 3 aromatic rings. The van der Waals surface area contributed by atoms with E-state index in [0.29, 0.717) is 17.8 Å². The number of aromatic nitrogens is 1. The van der Waals surface area contributed by atoms with Gasteiger partial charge in [-0.05, 0) is 24.1 Å². The first-order valence-corrected chi connectivity index (χ1v) is 8.76. The average Bonchev–Trinajstić information content (AvgIpc) is 2.66. The summed E-state index contributed by atoms with van der Waals surface area (Å²) in [4.78, 5) is 13.1. The van der Waals surface area contributed by atoms with E-state index >= 15 is 0 Å². The maximum Gasteiger partial charge on any atom is 0.297 e. The van der Waals surface area contributed by atoms with Crippen molar-refractivity contribution in [2.75, 3.05) is 7.11 Å². The topological polar surface area (TPSA) is 60.7 Å². The first-order valence-electron chi connectivity index (χ1n) is 8.76. The molecule has 3 rings (SSSR count). The maximum absolute atomic E-state index is 13.1. The van der Waals surface area contributed by atoms with Crippen molar-refractivity contribution < 1.29 is 14.6 Å². The van der Waals surface area contributed by atoms with Crippen LogP contribution in [-0.4, -0.2) is 16.8 Å². The largest absolute Gasteiger partial charge is 0.508 e. The van der Waals surface area contributed by atoms with Crippen molar-refractivity contribution in [1.82, 2.24) is 4.57 Å². The summed E-state index contributed by atoms with van der Waals surface area (Å²) in [5, 5.41) is 10.6. The number of ether oxygens (including phenoxy) is 2. The molecule has 0 aliphatic carbocycles. The lowest BCUT2D eigenvalue weighted by Gasteiger charge is -2.17. The van der Waals surface area contributed by atoms with Crippen molar-refractivity contribution in [3.8, 4) is 17.2 Å². The van der Waals surface area contributed by atoms with Gasteiger partial charge in [-0.1, -0.05) is 43.7 Å². The third kappa shape index (κ3) is 3.52. The van der Waals surface area contributed by atoms with Crippen molar-refractivity contribution in [2.24, 2.45) is 0 Å². The number of hydrogen-bond donors (Lipinski definition) is 1. The second-order valence-corrected chi connectivity index (χ2v) is 6.15. The Labute approximate surface area is 152 Å². The monoisotopic (exact) mass is 353 g/mol. The number of phenols is 1. The molecule has 0 radical (unpaired) electrons. The summed E-state index contributed by atoms with van der Waals surface area (Å²) in [5.74, 6) is 0.710. The van der Waals surface area contributed by atoms with Gasteiger partial charge >= 0.3 is 0 Å². The highest BCUT2D eigenvalue weighted by atomic mass is 16.5. The van der Waals surface area contributed by atoms with Crippen LogP contribution in [0.1, 0.15) is 25.3 Å². The van der Waals surface area contributed by atoms with Crippen LogP contribution in [0.15, 0.2) is 53.3 Å². The van der Waals surface area contributed by atoms with E-state index in [4.69, 9.17) is 9.47 Å². The van der Waals surface area contributed by atoms with Crippen LogP contribution in [0, 0.1) is 0 Å². The van der Waals surface area contributed by atoms with E-state index in [-0.39, 0.29) is 23.7 Å². The zero-order valence-electron chi connectivity index (χ0n) is 15.1. The second-order valence-electron chi connectivity index (χ2n) is 6.15. The van der Waals surface area contributed by atoms with E-state index in [2.05, 4.69) is 6.92 Å². The number of rotatable bonds is 7. The summed E-state index contributed by atoms with van der Waals surface area (Å²) in [6.07, 6.45) is 1.81. The number of hydrogen-bond acceptors (Lipinski definition) is 4. The molecule has 26 heavy (non-hydrogen) atoms. The zero-order chi connectivity index (χ0) is 18.5. The molecule has 1 aromatic heterocycles. The molecule has 0 spiro atoms. The van der Waals surface area contributed by atoms with Crippen molar-refractivity contribution in [1.29, 1.82) is 0 Å². The highest BCUT2D eigenvalue weighted by molar-refractivity contribution is 5.89. The van der Waals surface area contributed by atoms with E-state index in [9.17, 15) is 9.90 Å². The van der Waals surface area contributed by atoms with Crippen LogP contribution in [0.3, 0.4) is 0 Å². The fraction of sp³-hybridized carbons (Fsp3) is 0.286. The molecule has 0 aliphatic rings. The molecule has 0 bridgehead atoms. The number of benzene rings is 2. The number of aryl methyl sites for hydroxylation is 1. The SMILES string of the molecule is CCCCn1c(=O)c(OCc2ccccc2)c(OC)c2ccc(O)cc21. The minimum absolute atomic E-state index is 0.113. The molecule has 0 amide bonds. The van der Waals surface area contributed by atoms with Crippen LogP contribution < -0.4 is 15.0 Å². The molecule has 2 aromatic carbocycles. The number of unbranched alkanes of at least 4 members (excludes halogenated alkanes) is 1. The Morgan fingerprint density at radius 1 is 1.08 bits per heavy atom. The first-order chi connectivity index (χ1) is 12.7. The summed E-state index contributed by atoms with van der Waals surface area (Å²) in [6, 6.07) is 14.6. The first kappa shape index (κ1) is 17.9. The molecule has 0 unspecified atom stereocenters. The Hall–Kier alpha value is -2.95. The quantitative estimate of drug-likeness (QED) is 0.695. The number of pyridine rings is 1. The fourth-order valence-electron chi connectivity index (χ4n) is 2.98. The standard InChI is InChI=1S/C21H23NO4/c1-3-4-12-22-18-13-16(23)10-11-17(18)19(25-2)20(21(22)24)26-14-15-8-6-5-7-9-15/h5-11,13,23H,3-4,12,14H2,1-2H3. The molecular weight excluding hydrogens is 330 g/mol. The molecule has 0 saturated carbocycles. The molecule has 0 fully saturated rings. The zero-order valence-corrected chi connectivity index (χ0v) is 15.1. The van der Waals surface area contributed by atoms with Crippen molar-refractivity contribution >= 4 is 10.9 Å². The van der Waals surface area contributed by atoms with Crippen LogP contribution in [-0.2, 0) is 13.2 Å². The summed E-state index contributed by atoms with van der Waals surface area (Å²) >= 11 is 0. The van der Waals surface area contributed by atoms with E-state index in [1.807, 2.05) is 30.3 Å². The third-order valence-electron chi connectivity index (χ3n) is 4.33. The molecule has 5 heteroatoms. The predicted octanol–water partition coefficient (Wildman–Crippen LogP) is 4.09. The van der Waals surface area contributed by atoms with Crippen LogP contribution in [0.5, 0.6) is 17.2 Å². The minimum Gasteiger partial charge on any atom is -0.508 e. The lowest BCUT2D eigenvalue weighted by molar-refractivity contribution is 0.279. The van der Waals surface area contributed by atoms with Gasteiger partial charge in [-0.2, -0.15) is 0 Å². The van der Waals surface area contributed by atoms with E-state index in [1.165, 1.54) is 7.11 Å². The van der Waals surface area contributed by atoms with Crippen molar-refractivity contribution in [2.45, 2.75) is 32.9 Å². The fourth-order valence-corrected chi connectivity index (χ4v) is 2.98. The Morgan fingerprint density at radius 3 is 2.54 bits per heavy atom. The molecule has 0 saturated heterocycles. The third-order valence-corrected chi connectivity index (χ3v) is 4.33. The average molecular weight is 353 g/mol. The van der Waals surface area contributed by atoms with Crippen LogP contribution in [0.2, 0.25) is 0 Å². The number of phenolic OH excluding ortho intramolecular Hbond substituents is 1. The van der Waals surface area contributed by atoms with Crippen molar-refractivity contribution in [3.63, 3.8) is 0 Å². The van der Waals surface area contributed by atoms with Gasteiger partial charge in [0.2, 0.25) is 5.75 Å². The summed E-state index contributed by atoms with van der Waals surface area (Å²) < 4.78 is 13.0. The highest BCUT2D eigenvalue weighted by Crippen LogP contribution is 2.34. The number of aromatic hydroxyl groups is 1. The Kier molecular flexibility index (Phi) is 5.46. The van der Waals surface area contributed by atoms with Gasteiger partial charge < -0.3 is 19.1 Å². The van der Waals surface area contributed by atoms with Gasteiger partial charge in [-0.25, -0.2) is 0 Å². The van der Waals surface area contributed by atoms with Gasteiger partial charge in [0.25, 0.3) is 5.56 Å². The highest BCUT2D eigenvalue weighted by Gasteiger charge is 2.19. The van der Waals surface area contributed by atoms with Gasteiger partial charge in [-0.15, -0.1) is 0 Å². The Bertz CT molecular complexity index is 948. The smallest absolute Gasteiger partial charge is 0.297 e. The lowest BCUT2D eigenvalue weighted by atomic mass is 10.1. The van der Waals surface area contributed by atoms with Gasteiger partial charge in [0.05, 0.1) is 12.6 Å².